The zero-order chi connectivity index (χ0) is 6.69. The van der Waals surface area contributed by atoms with Crippen molar-refractivity contribution in [1.82, 2.24) is 4.90 Å². The summed E-state index contributed by atoms with van der Waals surface area (Å²) < 4.78 is 0. The Morgan fingerprint density at radius 2 is 2.56 bits per heavy atom. The van der Waals surface area contributed by atoms with Crippen LogP contribution in [0.4, 0.5) is 0 Å². The topological polar surface area (TPSA) is 15.6 Å². The lowest BCUT2D eigenvalue weighted by Gasteiger charge is -2.21. The molecule has 0 saturated heterocycles. The maximum absolute atomic E-state index is 4.12. The summed E-state index contributed by atoms with van der Waals surface area (Å²) in [4.78, 5) is 6.19. The summed E-state index contributed by atoms with van der Waals surface area (Å²) >= 11 is 0. The van der Waals surface area contributed by atoms with E-state index in [2.05, 4.69) is 16.5 Å². The predicted molar refractivity (Wildman–Crippen MR) is 39.5 cm³/mol. The Kier molecular flexibility index (Phi) is 1.88. The molecule has 0 aromatic heterocycles. The van der Waals surface area contributed by atoms with Gasteiger partial charge in [-0.2, -0.15) is 0 Å². The zero-order valence-electron chi connectivity index (χ0n) is 5.80. The van der Waals surface area contributed by atoms with Gasteiger partial charge in [-0.1, -0.05) is 6.58 Å². The lowest BCUT2D eigenvalue weighted by molar-refractivity contribution is 0.491. The molecule has 1 rings (SSSR count). The fourth-order valence-electron chi connectivity index (χ4n) is 0.836. The van der Waals surface area contributed by atoms with Gasteiger partial charge in [0, 0.05) is 18.8 Å². The van der Waals surface area contributed by atoms with Crippen LogP contribution in [0.2, 0.25) is 0 Å². The van der Waals surface area contributed by atoms with E-state index in [1.54, 1.807) is 0 Å². The van der Waals surface area contributed by atoms with Crippen LogP contribution in [0.25, 0.3) is 0 Å². The van der Waals surface area contributed by atoms with Crippen molar-refractivity contribution in [3.8, 4) is 0 Å². The van der Waals surface area contributed by atoms with Gasteiger partial charge in [0.1, 0.15) is 0 Å². The summed E-state index contributed by atoms with van der Waals surface area (Å²) in [7, 11) is 0. The summed E-state index contributed by atoms with van der Waals surface area (Å²) in [6.45, 7) is 7.87. The molecule has 0 atom stereocenters. The Morgan fingerprint density at radius 3 is 2.89 bits per heavy atom. The molecule has 0 N–H and O–H groups in total. The molecule has 1 heterocycles. The summed E-state index contributed by atoms with van der Waals surface area (Å²) in [5, 5.41) is 0. The lowest BCUT2D eigenvalue weighted by Crippen LogP contribution is -2.24. The van der Waals surface area contributed by atoms with Crippen LogP contribution in [0, 0.1) is 0 Å². The maximum Gasteiger partial charge on any atom is 0.0891 e. The third kappa shape index (κ3) is 1.56. The number of aliphatic imine (C=N–C) groups is 1. The van der Waals surface area contributed by atoms with Crippen molar-refractivity contribution in [2.24, 2.45) is 4.99 Å². The highest BCUT2D eigenvalue weighted by Gasteiger charge is 2.02. The van der Waals surface area contributed by atoms with Gasteiger partial charge in [0.05, 0.1) is 6.34 Å². The molecule has 50 valence electrons. The molecule has 2 nitrogen and oxygen atoms in total. The Labute approximate surface area is 55.9 Å². The van der Waals surface area contributed by atoms with E-state index in [4.69, 9.17) is 0 Å². The molecule has 0 fully saturated rings. The van der Waals surface area contributed by atoms with Crippen LogP contribution in [0.3, 0.4) is 0 Å². The molecular weight excluding hydrogens is 112 g/mol. The highest BCUT2D eigenvalue weighted by Crippen LogP contribution is 2.02. The van der Waals surface area contributed by atoms with Crippen LogP contribution in [0.5, 0.6) is 0 Å². The summed E-state index contributed by atoms with van der Waals surface area (Å²) in [6.07, 6.45) is 3.02. The van der Waals surface area contributed by atoms with Crippen molar-refractivity contribution in [3.63, 3.8) is 0 Å². The van der Waals surface area contributed by atoms with Crippen LogP contribution < -0.4 is 0 Å². The summed E-state index contributed by atoms with van der Waals surface area (Å²) in [6, 6.07) is 0. The number of nitrogens with zero attached hydrogens (tertiary/aromatic N) is 2. The first kappa shape index (κ1) is 6.33. The van der Waals surface area contributed by atoms with Gasteiger partial charge in [0.15, 0.2) is 0 Å². The quantitative estimate of drug-likeness (QED) is 0.513. The van der Waals surface area contributed by atoms with E-state index in [1.165, 1.54) is 0 Å². The number of hydrogen-bond acceptors (Lipinski definition) is 2. The molecule has 0 aliphatic carbocycles. The SMILES string of the molecule is C=C(C)N1C=NCCC1. The van der Waals surface area contributed by atoms with E-state index >= 15 is 0 Å². The summed E-state index contributed by atoms with van der Waals surface area (Å²) in [5.74, 6) is 0. The molecule has 0 bridgehead atoms. The van der Waals surface area contributed by atoms with Crippen LogP contribution in [-0.4, -0.2) is 24.3 Å². The average Bonchev–Trinajstić information content (AvgIpc) is 1.90. The Bertz CT molecular complexity index is 138. The Balaban J connectivity index is 2.50. The fourth-order valence-corrected chi connectivity index (χ4v) is 0.836. The standard InChI is InChI=1S/C7H12N2/c1-7(2)9-5-3-4-8-6-9/h6H,1,3-5H2,2H3. The molecule has 1 aliphatic rings. The fraction of sp³-hybridized carbons (Fsp3) is 0.571. The van der Waals surface area contributed by atoms with Gasteiger partial charge in [-0.05, 0) is 13.3 Å². The third-order valence-corrected chi connectivity index (χ3v) is 1.40. The largest absolute Gasteiger partial charge is 0.337 e. The van der Waals surface area contributed by atoms with Gasteiger partial charge in [0.2, 0.25) is 0 Å². The second-order valence-corrected chi connectivity index (χ2v) is 2.30. The van der Waals surface area contributed by atoms with E-state index in [-0.39, 0.29) is 0 Å². The van der Waals surface area contributed by atoms with Crippen LogP contribution in [-0.2, 0) is 0 Å². The minimum absolute atomic E-state index is 0.976. The highest BCUT2D eigenvalue weighted by molar-refractivity contribution is 5.58. The van der Waals surface area contributed by atoms with Gasteiger partial charge in [-0.3, -0.25) is 4.99 Å². The van der Waals surface area contributed by atoms with E-state index in [0.29, 0.717) is 0 Å². The lowest BCUT2D eigenvalue weighted by atomic mass is 10.3. The Morgan fingerprint density at radius 1 is 1.78 bits per heavy atom. The van der Waals surface area contributed by atoms with Gasteiger partial charge < -0.3 is 4.90 Å². The normalized spacial score (nSPS) is 18.1. The van der Waals surface area contributed by atoms with E-state index in [1.807, 2.05) is 13.3 Å². The van der Waals surface area contributed by atoms with Crippen molar-refractivity contribution >= 4 is 6.34 Å². The highest BCUT2D eigenvalue weighted by atomic mass is 15.2. The van der Waals surface area contributed by atoms with Gasteiger partial charge in [-0.15, -0.1) is 0 Å². The van der Waals surface area contributed by atoms with E-state index in [9.17, 15) is 0 Å². The van der Waals surface area contributed by atoms with Gasteiger partial charge in [0.25, 0.3) is 0 Å². The van der Waals surface area contributed by atoms with Gasteiger partial charge in [-0.25, -0.2) is 0 Å². The van der Waals surface area contributed by atoms with Crippen molar-refractivity contribution < 1.29 is 0 Å². The first-order valence-electron chi connectivity index (χ1n) is 3.23. The first-order chi connectivity index (χ1) is 4.30. The second kappa shape index (κ2) is 2.67. The van der Waals surface area contributed by atoms with Gasteiger partial charge >= 0.3 is 0 Å². The number of rotatable bonds is 1. The maximum atomic E-state index is 4.12. The molecule has 2 heteroatoms. The van der Waals surface area contributed by atoms with Crippen LogP contribution in [0.1, 0.15) is 13.3 Å². The summed E-state index contributed by atoms with van der Waals surface area (Å²) in [5.41, 5.74) is 1.08. The van der Waals surface area contributed by atoms with E-state index in [0.717, 1.165) is 25.2 Å². The molecule has 0 radical (unpaired) electrons. The zero-order valence-corrected chi connectivity index (χ0v) is 5.80. The minimum atomic E-state index is 0.976. The first-order valence-corrected chi connectivity index (χ1v) is 3.23. The Hall–Kier alpha value is -0.790. The monoisotopic (exact) mass is 124 g/mol. The van der Waals surface area contributed by atoms with E-state index < -0.39 is 0 Å². The van der Waals surface area contributed by atoms with Crippen molar-refractivity contribution in [3.05, 3.63) is 12.3 Å². The van der Waals surface area contributed by atoms with Crippen molar-refractivity contribution in [2.45, 2.75) is 13.3 Å². The van der Waals surface area contributed by atoms with Crippen molar-refractivity contribution in [2.75, 3.05) is 13.1 Å². The number of allylic oxidation sites excluding steroid dienone is 1. The molecule has 0 aromatic carbocycles. The smallest absolute Gasteiger partial charge is 0.0891 e. The molecule has 0 saturated carbocycles. The molecular formula is C7H12N2. The third-order valence-electron chi connectivity index (χ3n) is 1.40. The van der Waals surface area contributed by atoms with Crippen molar-refractivity contribution in [1.29, 1.82) is 0 Å². The molecule has 0 aromatic rings. The molecule has 0 spiro atoms. The van der Waals surface area contributed by atoms with Crippen LogP contribution in [0.15, 0.2) is 17.3 Å². The molecule has 1 aliphatic heterocycles. The molecule has 0 amide bonds. The van der Waals surface area contributed by atoms with Crippen LogP contribution >= 0.6 is 0 Å². The molecule has 9 heavy (non-hydrogen) atoms. The average molecular weight is 124 g/mol. The minimum Gasteiger partial charge on any atom is -0.337 e. The number of hydrogen-bond donors (Lipinski definition) is 0. The second-order valence-electron chi connectivity index (χ2n) is 2.30. The predicted octanol–water partition coefficient (Wildman–Crippen LogP) is 1.25. The molecule has 0 unspecified atom stereocenters.